The van der Waals surface area contributed by atoms with Gasteiger partial charge in [0.1, 0.15) is 18.1 Å². The Kier molecular flexibility index (Phi) is 9.67. The zero-order valence-electron chi connectivity index (χ0n) is 17.8. The highest BCUT2D eigenvalue weighted by Gasteiger charge is 2.09. The molecular formula is C23H30N2O5. The van der Waals surface area contributed by atoms with Crippen molar-refractivity contribution in [2.45, 2.75) is 33.1 Å². The van der Waals surface area contributed by atoms with Gasteiger partial charge < -0.3 is 14.2 Å². The van der Waals surface area contributed by atoms with Gasteiger partial charge in [-0.1, -0.05) is 32.0 Å². The number of hydrogen-bond acceptors (Lipinski definition) is 5. The first-order valence-electron chi connectivity index (χ1n) is 10.2. The third kappa shape index (κ3) is 7.75. The van der Waals surface area contributed by atoms with Gasteiger partial charge in [0.15, 0.2) is 6.61 Å². The van der Waals surface area contributed by atoms with Crippen LogP contribution in [-0.4, -0.2) is 38.2 Å². The van der Waals surface area contributed by atoms with Crippen LogP contribution in [0.1, 0.15) is 49.0 Å². The molecule has 0 fully saturated rings. The van der Waals surface area contributed by atoms with Crippen molar-refractivity contribution in [3.63, 3.8) is 0 Å². The van der Waals surface area contributed by atoms with Crippen LogP contribution < -0.4 is 20.3 Å². The minimum Gasteiger partial charge on any atom is -0.491 e. The summed E-state index contributed by atoms with van der Waals surface area (Å²) in [5, 5.41) is 0. The summed E-state index contributed by atoms with van der Waals surface area (Å²) in [5.41, 5.74) is 6.31. The number of benzene rings is 2. The number of hydrogen-bond donors (Lipinski definition) is 2. The van der Waals surface area contributed by atoms with Crippen molar-refractivity contribution in [2.24, 2.45) is 0 Å². The quantitative estimate of drug-likeness (QED) is 0.434. The SMILES string of the molecule is CCOCCOc1cccc(C(=O)NNC(=O)COc2ccc(C(C)CC)cc2)c1. The van der Waals surface area contributed by atoms with E-state index in [1.54, 1.807) is 24.3 Å². The number of rotatable bonds is 11. The van der Waals surface area contributed by atoms with Crippen molar-refractivity contribution in [1.29, 1.82) is 0 Å². The zero-order chi connectivity index (χ0) is 21.8. The Morgan fingerprint density at radius 2 is 1.70 bits per heavy atom. The summed E-state index contributed by atoms with van der Waals surface area (Å²) in [4.78, 5) is 24.2. The van der Waals surface area contributed by atoms with Gasteiger partial charge in [0.05, 0.1) is 6.61 Å². The van der Waals surface area contributed by atoms with Gasteiger partial charge >= 0.3 is 0 Å². The molecule has 0 heterocycles. The maximum Gasteiger partial charge on any atom is 0.276 e. The third-order valence-electron chi connectivity index (χ3n) is 4.54. The molecule has 162 valence electrons. The zero-order valence-corrected chi connectivity index (χ0v) is 17.8. The average Bonchev–Trinajstić information content (AvgIpc) is 2.79. The second-order valence-corrected chi connectivity index (χ2v) is 6.74. The van der Waals surface area contributed by atoms with Crippen LogP contribution in [0.5, 0.6) is 11.5 Å². The van der Waals surface area contributed by atoms with E-state index in [9.17, 15) is 9.59 Å². The molecule has 1 atom stereocenters. The van der Waals surface area contributed by atoms with E-state index in [1.807, 2.05) is 31.2 Å². The topological polar surface area (TPSA) is 85.9 Å². The number of hydrazine groups is 1. The number of ether oxygens (including phenoxy) is 3. The lowest BCUT2D eigenvalue weighted by Gasteiger charge is -2.12. The van der Waals surface area contributed by atoms with E-state index < -0.39 is 11.8 Å². The van der Waals surface area contributed by atoms with Crippen molar-refractivity contribution in [3.05, 3.63) is 59.7 Å². The normalized spacial score (nSPS) is 11.4. The van der Waals surface area contributed by atoms with Gasteiger partial charge in [-0.25, -0.2) is 0 Å². The first-order valence-corrected chi connectivity index (χ1v) is 10.2. The van der Waals surface area contributed by atoms with E-state index in [1.165, 1.54) is 5.56 Å². The lowest BCUT2D eigenvalue weighted by molar-refractivity contribution is -0.123. The fourth-order valence-electron chi connectivity index (χ4n) is 2.60. The van der Waals surface area contributed by atoms with Gasteiger partial charge in [0.2, 0.25) is 0 Å². The van der Waals surface area contributed by atoms with Crippen molar-refractivity contribution < 1.29 is 23.8 Å². The van der Waals surface area contributed by atoms with Gasteiger partial charge in [0.25, 0.3) is 11.8 Å². The number of nitrogens with one attached hydrogen (secondary N) is 2. The Balaban J connectivity index is 1.75. The van der Waals surface area contributed by atoms with Gasteiger partial charge in [-0.15, -0.1) is 0 Å². The van der Waals surface area contributed by atoms with Crippen molar-refractivity contribution in [1.82, 2.24) is 10.9 Å². The van der Waals surface area contributed by atoms with Crippen molar-refractivity contribution in [3.8, 4) is 11.5 Å². The maximum atomic E-state index is 12.2. The second-order valence-electron chi connectivity index (χ2n) is 6.74. The molecule has 0 aliphatic rings. The number of carbonyl (C=O) groups excluding carboxylic acids is 2. The third-order valence-corrected chi connectivity index (χ3v) is 4.54. The molecular weight excluding hydrogens is 384 g/mol. The Hall–Kier alpha value is -3.06. The van der Waals surface area contributed by atoms with Crippen molar-refractivity contribution >= 4 is 11.8 Å². The standard InChI is InChI=1S/C23H30N2O5/c1-4-17(3)18-9-11-20(12-10-18)30-16-22(26)24-25-23(27)19-7-6-8-21(15-19)29-14-13-28-5-2/h6-12,15,17H,4-5,13-14,16H2,1-3H3,(H,24,26)(H,25,27). The van der Waals surface area contributed by atoms with E-state index in [4.69, 9.17) is 14.2 Å². The molecule has 0 bridgehead atoms. The van der Waals surface area contributed by atoms with Crippen LogP contribution in [0.2, 0.25) is 0 Å². The van der Waals surface area contributed by atoms with E-state index in [0.717, 1.165) is 6.42 Å². The number of amides is 2. The summed E-state index contributed by atoms with van der Waals surface area (Å²) in [6.07, 6.45) is 1.06. The fraction of sp³-hybridized carbons (Fsp3) is 0.391. The largest absolute Gasteiger partial charge is 0.491 e. The summed E-state index contributed by atoms with van der Waals surface area (Å²) in [7, 11) is 0. The molecule has 7 heteroatoms. The van der Waals surface area contributed by atoms with Crippen LogP contribution in [0.3, 0.4) is 0 Å². The highest BCUT2D eigenvalue weighted by molar-refractivity contribution is 5.95. The van der Waals surface area contributed by atoms with E-state index in [0.29, 0.717) is 42.8 Å². The minimum absolute atomic E-state index is 0.205. The lowest BCUT2D eigenvalue weighted by Crippen LogP contribution is -2.43. The van der Waals surface area contributed by atoms with E-state index in [2.05, 4.69) is 24.7 Å². The molecule has 2 N–H and O–H groups in total. The summed E-state index contributed by atoms with van der Waals surface area (Å²) in [6, 6.07) is 14.4. The fourth-order valence-corrected chi connectivity index (χ4v) is 2.60. The Bertz CT molecular complexity index is 807. The molecule has 0 saturated carbocycles. The summed E-state index contributed by atoms with van der Waals surface area (Å²) in [6.45, 7) is 7.50. The number of carbonyl (C=O) groups is 2. The molecule has 0 radical (unpaired) electrons. The molecule has 30 heavy (non-hydrogen) atoms. The summed E-state index contributed by atoms with van der Waals surface area (Å²) < 4.78 is 16.2. The Labute approximate surface area is 177 Å². The minimum atomic E-state index is -0.460. The molecule has 7 nitrogen and oxygen atoms in total. The molecule has 1 unspecified atom stereocenters. The van der Waals surface area contributed by atoms with Crippen LogP contribution in [-0.2, 0) is 9.53 Å². The maximum absolute atomic E-state index is 12.2. The van der Waals surface area contributed by atoms with E-state index >= 15 is 0 Å². The smallest absolute Gasteiger partial charge is 0.276 e. The van der Waals surface area contributed by atoms with Crippen LogP contribution in [0.25, 0.3) is 0 Å². The molecule has 2 rings (SSSR count). The van der Waals surface area contributed by atoms with Crippen molar-refractivity contribution in [2.75, 3.05) is 26.4 Å². The predicted molar refractivity (Wildman–Crippen MR) is 115 cm³/mol. The second kappa shape index (κ2) is 12.5. The van der Waals surface area contributed by atoms with Crippen LogP contribution in [0.15, 0.2) is 48.5 Å². The van der Waals surface area contributed by atoms with Crippen LogP contribution in [0, 0.1) is 0 Å². The molecule has 0 aliphatic carbocycles. The highest BCUT2D eigenvalue weighted by Crippen LogP contribution is 2.21. The Morgan fingerprint density at radius 1 is 0.933 bits per heavy atom. The van der Waals surface area contributed by atoms with Gasteiger partial charge in [-0.2, -0.15) is 0 Å². The molecule has 0 spiro atoms. The average molecular weight is 415 g/mol. The first kappa shape index (κ1) is 23.2. The first-order chi connectivity index (χ1) is 14.5. The Morgan fingerprint density at radius 3 is 2.40 bits per heavy atom. The lowest BCUT2D eigenvalue weighted by atomic mass is 9.99. The molecule has 0 saturated heterocycles. The molecule has 2 aromatic rings. The predicted octanol–water partition coefficient (Wildman–Crippen LogP) is 3.46. The molecule has 0 aliphatic heterocycles. The molecule has 0 aromatic heterocycles. The van der Waals surface area contributed by atoms with Gasteiger partial charge in [-0.05, 0) is 55.2 Å². The summed E-state index contributed by atoms with van der Waals surface area (Å²) >= 11 is 0. The molecule has 2 amide bonds. The molecule has 2 aromatic carbocycles. The summed E-state index contributed by atoms with van der Waals surface area (Å²) in [5.74, 6) is 0.722. The van der Waals surface area contributed by atoms with Crippen LogP contribution >= 0.6 is 0 Å². The van der Waals surface area contributed by atoms with E-state index in [-0.39, 0.29) is 6.61 Å². The van der Waals surface area contributed by atoms with Gasteiger partial charge in [-0.3, -0.25) is 20.4 Å². The van der Waals surface area contributed by atoms with Crippen LogP contribution in [0.4, 0.5) is 0 Å². The van der Waals surface area contributed by atoms with Gasteiger partial charge in [0, 0.05) is 12.2 Å². The highest BCUT2D eigenvalue weighted by atomic mass is 16.5. The monoisotopic (exact) mass is 414 g/mol.